The maximum atomic E-state index is 14.2. The Balaban J connectivity index is 1.75. The predicted octanol–water partition coefficient (Wildman–Crippen LogP) is 6.17. The molecule has 0 aliphatic rings. The summed E-state index contributed by atoms with van der Waals surface area (Å²) in [5.41, 5.74) is 0.0496. The Morgan fingerprint density at radius 2 is 1.69 bits per heavy atom. The maximum absolute atomic E-state index is 14.2. The number of ether oxygens (including phenoxy) is 1. The smallest absolute Gasteiger partial charge is 0.416 e. The number of pyridine rings is 1. The van der Waals surface area contributed by atoms with Gasteiger partial charge in [0.25, 0.3) is 5.91 Å². The van der Waals surface area contributed by atoms with E-state index in [0.29, 0.717) is 23.3 Å². The van der Waals surface area contributed by atoms with Crippen molar-refractivity contribution < 1.29 is 35.5 Å². The number of carbonyl (C=O) groups excluding carboxylic acids is 1. The average molecular weight is 559 g/mol. The summed E-state index contributed by atoms with van der Waals surface area (Å²) in [4.78, 5) is 17.8. The van der Waals surface area contributed by atoms with Crippen LogP contribution in [0.15, 0.2) is 90.1 Å². The molecular formula is C28H22F4N2O4S. The van der Waals surface area contributed by atoms with Crippen LogP contribution in [0.4, 0.5) is 23.2 Å². The molecule has 0 aliphatic carbocycles. The van der Waals surface area contributed by atoms with Gasteiger partial charge in [0.05, 0.1) is 22.3 Å². The number of benzene rings is 3. The van der Waals surface area contributed by atoms with Crippen LogP contribution < -0.4 is 9.64 Å². The fourth-order valence-electron chi connectivity index (χ4n) is 3.86. The fraction of sp³-hybridized carbons (Fsp3) is 0.143. The Bertz CT molecular complexity index is 1620. The lowest BCUT2D eigenvalue weighted by Crippen LogP contribution is -2.27. The van der Waals surface area contributed by atoms with Gasteiger partial charge in [-0.3, -0.25) is 9.78 Å². The van der Waals surface area contributed by atoms with Gasteiger partial charge in [-0.15, -0.1) is 0 Å². The summed E-state index contributed by atoms with van der Waals surface area (Å²) in [6.45, 7) is 0.130. The Morgan fingerprint density at radius 3 is 2.36 bits per heavy atom. The molecular weight excluding hydrogens is 536 g/mol. The number of amides is 1. The number of hydrogen-bond donors (Lipinski definition) is 0. The van der Waals surface area contributed by atoms with E-state index in [1.54, 1.807) is 6.07 Å². The van der Waals surface area contributed by atoms with Crippen molar-refractivity contribution in [2.24, 2.45) is 0 Å². The molecule has 6 nitrogen and oxygen atoms in total. The molecule has 3 aromatic carbocycles. The van der Waals surface area contributed by atoms with Gasteiger partial charge < -0.3 is 9.64 Å². The van der Waals surface area contributed by atoms with Crippen LogP contribution in [0, 0.1) is 5.82 Å². The summed E-state index contributed by atoms with van der Waals surface area (Å²) >= 11 is 0. The van der Waals surface area contributed by atoms with E-state index in [0.717, 1.165) is 22.8 Å². The number of aromatic nitrogens is 1. The Morgan fingerprint density at radius 1 is 0.974 bits per heavy atom. The second-order valence-corrected chi connectivity index (χ2v) is 10.7. The minimum Gasteiger partial charge on any atom is -0.488 e. The van der Waals surface area contributed by atoms with E-state index in [9.17, 15) is 30.8 Å². The van der Waals surface area contributed by atoms with Gasteiger partial charge in [-0.05, 0) is 42.0 Å². The first-order chi connectivity index (χ1) is 18.3. The van der Waals surface area contributed by atoms with E-state index in [2.05, 4.69) is 4.98 Å². The molecule has 0 radical (unpaired) electrons. The van der Waals surface area contributed by atoms with Crippen molar-refractivity contribution >= 4 is 21.4 Å². The third-order valence-corrected chi connectivity index (χ3v) is 6.94. The first-order valence-electron chi connectivity index (χ1n) is 11.5. The molecule has 0 unspecified atom stereocenters. The van der Waals surface area contributed by atoms with Gasteiger partial charge in [0, 0.05) is 42.3 Å². The maximum Gasteiger partial charge on any atom is 0.416 e. The van der Waals surface area contributed by atoms with Gasteiger partial charge in [-0.25, -0.2) is 12.8 Å². The van der Waals surface area contributed by atoms with E-state index in [4.69, 9.17) is 4.74 Å². The van der Waals surface area contributed by atoms with Gasteiger partial charge in [0.15, 0.2) is 9.84 Å². The molecule has 11 heteroatoms. The zero-order valence-corrected chi connectivity index (χ0v) is 21.6. The van der Waals surface area contributed by atoms with Crippen LogP contribution in [0.1, 0.15) is 21.5 Å². The number of carbonyl (C=O) groups is 1. The first kappa shape index (κ1) is 27.8. The van der Waals surface area contributed by atoms with Crippen LogP contribution in [-0.2, 0) is 22.6 Å². The minimum absolute atomic E-state index is 0.130. The van der Waals surface area contributed by atoms with Crippen LogP contribution in [0.3, 0.4) is 0 Å². The Kier molecular flexibility index (Phi) is 7.73. The standard InChI is InChI=1S/C28H22F4N2O4S/c1-34(27(35)19-12-20(28(30,31)32)14-22(13-19)39(2,36)37)25-16-33-11-10-23(25)24-9-8-21(29)15-26(24)38-17-18-6-4-3-5-7-18/h3-16H,17H2,1-2H3. The van der Waals surface area contributed by atoms with Crippen LogP contribution in [0.25, 0.3) is 11.1 Å². The Labute approximate surface area is 222 Å². The molecule has 0 saturated carbocycles. The highest BCUT2D eigenvalue weighted by Crippen LogP contribution is 2.38. The summed E-state index contributed by atoms with van der Waals surface area (Å²) in [6.07, 6.45) is -1.37. The van der Waals surface area contributed by atoms with Crippen molar-refractivity contribution in [2.75, 3.05) is 18.2 Å². The zero-order valence-electron chi connectivity index (χ0n) is 20.7. The number of rotatable bonds is 7. The van der Waals surface area contributed by atoms with Crippen molar-refractivity contribution in [3.05, 3.63) is 108 Å². The quantitative estimate of drug-likeness (QED) is 0.254. The lowest BCUT2D eigenvalue weighted by Gasteiger charge is -2.22. The summed E-state index contributed by atoms with van der Waals surface area (Å²) in [5.74, 6) is -1.29. The van der Waals surface area contributed by atoms with E-state index in [-0.39, 0.29) is 18.0 Å². The van der Waals surface area contributed by atoms with Gasteiger partial charge in [-0.1, -0.05) is 30.3 Å². The topological polar surface area (TPSA) is 76.6 Å². The van der Waals surface area contributed by atoms with Gasteiger partial charge in [0.2, 0.25) is 0 Å². The van der Waals surface area contributed by atoms with E-state index < -0.39 is 43.8 Å². The molecule has 0 bridgehead atoms. The van der Waals surface area contributed by atoms with Crippen molar-refractivity contribution in [2.45, 2.75) is 17.7 Å². The summed E-state index contributed by atoms with van der Waals surface area (Å²) in [6, 6.07) is 16.6. The van der Waals surface area contributed by atoms with E-state index >= 15 is 0 Å². The summed E-state index contributed by atoms with van der Waals surface area (Å²) < 4.78 is 84.7. The van der Waals surface area contributed by atoms with E-state index in [1.165, 1.54) is 37.6 Å². The zero-order chi connectivity index (χ0) is 28.4. The molecule has 0 aliphatic heterocycles. The normalized spacial score (nSPS) is 11.7. The highest BCUT2D eigenvalue weighted by molar-refractivity contribution is 7.90. The third-order valence-electron chi connectivity index (χ3n) is 5.85. The molecule has 1 aromatic heterocycles. The lowest BCUT2D eigenvalue weighted by molar-refractivity contribution is -0.137. The number of sulfone groups is 1. The molecule has 0 fully saturated rings. The van der Waals surface area contributed by atoms with Gasteiger partial charge in [0.1, 0.15) is 18.2 Å². The van der Waals surface area contributed by atoms with Crippen molar-refractivity contribution in [1.29, 1.82) is 0 Å². The fourth-order valence-corrected chi connectivity index (χ4v) is 4.54. The largest absolute Gasteiger partial charge is 0.488 e. The molecule has 4 aromatic rings. The molecule has 0 saturated heterocycles. The highest BCUT2D eigenvalue weighted by Gasteiger charge is 2.33. The van der Waals surface area contributed by atoms with Gasteiger partial charge in [-0.2, -0.15) is 13.2 Å². The number of hydrogen-bond acceptors (Lipinski definition) is 5. The average Bonchev–Trinajstić information content (AvgIpc) is 2.90. The summed E-state index contributed by atoms with van der Waals surface area (Å²) in [5, 5.41) is 0. The lowest BCUT2D eigenvalue weighted by atomic mass is 10.0. The molecule has 39 heavy (non-hydrogen) atoms. The molecule has 1 heterocycles. The second-order valence-electron chi connectivity index (χ2n) is 8.69. The number of anilines is 1. The molecule has 4 rings (SSSR count). The summed E-state index contributed by atoms with van der Waals surface area (Å²) in [7, 11) is -2.74. The molecule has 0 N–H and O–H groups in total. The van der Waals surface area contributed by atoms with Crippen molar-refractivity contribution in [1.82, 2.24) is 4.98 Å². The predicted molar refractivity (Wildman–Crippen MR) is 138 cm³/mol. The second kappa shape index (κ2) is 10.9. The molecule has 202 valence electrons. The van der Waals surface area contributed by atoms with Gasteiger partial charge >= 0.3 is 6.18 Å². The number of nitrogens with zero attached hydrogens (tertiary/aromatic N) is 2. The third kappa shape index (κ3) is 6.43. The molecule has 0 atom stereocenters. The SMILES string of the molecule is CN(C(=O)c1cc(C(F)(F)F)cc(S(C)(=O)=O)c1)c1cnccc1-c1ccc(F)cc1OCc1ccccc1. The van der Waals surface area contributed by atoms with E-state index in [1.807, 2.05) is 30.3 Å². The van der Waals surface area contributed by atoms with Crippen LogP contribution >= 0.6 is 0 Å². The van der Waals surface area contributed by atoms with Crippen LogP contribution in [-0.4, -0.2) is 32.6 Å². The number of alkyl halides is 3. The Hall–Kier alpha value is -4.25. The molecule has 1 amide bonds. The molecule has 0 spiro atoms. The van der Waals surface area contributed by atoms with Crippen LogP contribution in [0.5, 0.6) is 5.75 Å². The van der Waals surface area contributed by atoms with Crippen molar-refractivity contribution in [3.63, 3.8) is 0 Å². The minimum atomic E-state index is -4.88. The monoisotopic (exact) mass is 558 g/mol. The first-order valence-corrected chi connectivity index (χ1v) is 13.3. The highest BCUT2D eigenvalue weighted by atomic mass is 32.2. The van der Waals surface area contributed by atoms with Crippen LogP contribution in [0.2, 0.25) is 0 Å². The number of halogens is 4. The van der Waals surface area contributed by atoms with Crippen molar-refractivity contribution in [3.8, 4) is 16.9 Å².